The maximum Gasteiger partial charge on any atom is 0.328 e. The quantitative estimate of drug-likeness (QED) is 0.0273. The fraction of sp³-hybridized carbons (Fsp3) is 0.720. The van der Waals surface area contributed by atoms with Crippen LogP contribution in [0.25, 0.3) is 0 Å². The number of hydrogen-bond donors (Lipinski definition) is 4. The van der Waals surface area contributed by atoms with Crippen LogP contribution < -0.4 is 10.6 Å². The number of carboxylic acids is 1. The lowest BCUT2D eigenvalue weighted by Crippen LogP contribution is -2.47. The van der Waals surface area contributed by atoms with Crippen molar-refractivity contribution in [1.82, 2.24) is 10.6 Å². The van der Waals surface area contributed by atoms with Crippen molar-refractivity contribution in [2.75, 3.05) is 13.2 Å². The summed E-state index contributed by atoms with van der Waals surface area (Å²) in [4.78, 5) is 47.9. The highest BCUT2D eigenvalue weighted by Crippen LogP contribution is 2.16. The van der Waals surface area contributed by atoms with Crippen molar-refractivity contribution in [2.24, 2.45) is 0 Å². The number of nitrogens with one attached hydrogen (secondary N) is 2. The van der Waals surface area contributed by atoms with E-state index in [9.17, 15) is 19.2 Å². The Labute approximate surface area is 360 Å². The van der Waals surface area contributed by atoms with Gasteiger partial charge in [-0.15, -0.1) is 0 Å². The molecule has 59 heavy (non-hydrogen) atoms. The number of allylic oxidation sites excluding steroid dienone is 9. The lowest BCUT2D eigenvalue weighted by Gasteiger charge is -2.15. The average molecular weight is 827 g/mol. The van der Waals surface area contributed by atoms with Crippen LogP contribution >= 0.6 is 0 Å². The molecule has 0 aromatic rings. The minimum Gasteiger partial charge on any atom is -0.480 e. The van der Waals surface area contributed by atoms with Crippen LogP contribution in [0.3, 0.4) is 0 Å². The molecule has 0 radical (unpaired) electrons. The maximum atomic E-state index is 12.8. The van der Waals surface area contributed by atoms with Crippen LogP contribution in [-0.4, -0.2) is 59.3 Å². The van der Waals surface area contributed by atoms with Gasteiger partial charge in [-0.3, -0.25) is 14.4 Å². The largest absolute Gasteiger partial charge is 0.480 e. The number of rotatable bonds is 42. The number of esters is 1. The average Bonchev–Trinajstić information content (AvgIpc) is 3.22. The summed E-state index contributed by atoms with van der Waals surface area (Å²) in [6.07, 6.45) is 54.1. The Kier molecular flexibility index (Phi) is 41.5. The first-order valence-electron chi connectivity index (χ1n) is 23.7. The third kappa shape index (κ3) is 41.1. The number of carboxylic acid groups (broad SMARTS) is 1. The summed E-state index contributed by atoms with van der Waals surface area (Å²) in [7, 11) is 0. The van der Waals surface area contributed by atoms with Crippen LogP contribution in [-0.2, 0) is 23.9 Å². The molecule has 0 aliphatic heterocycles. The van der Waals surface area contributed by atoms with Crippen LogP contribution in [0.2, 0.25) is 0 Å². The first kappa shape index (κ1) is 55.5. The van der Waals surface area contributed by atoms with Crippen LogP contribution in [0.4, 0.5) is 0 Å². The molecule has 2 amide bonds. The van der Waals surface area contributed by atoms with Gasteiger partial charge in [0.05, 0.1) is 13.2 Å². The topological polar surface area (TPSA) is 142 Å². The lowest BCUT2D eigenvalue weighted by atomic mass is 10.0. The highest BCUT2D eigenvalue weighted by atomic mass is 16.5. The number of hydrogen-bond acceptors (Lipinski definition) is 6. The van der Waals surface area contributed by atoms with E-state index in [1.54, 1.807) is 0 Å². The Balaban J connectivity index is 4.40. The minimum atomic E-state index is -1.41. The van der Waals surface area contributed by atoms with Crippen molar-refractivity contribution in [3.8, 4) is 0 Å². The predicted molar refractivity (Wildman–Crippen MR) is 245 cm³/mol. The molecular weight excluding hydrogens is 741 g/mol. The smallest absolute Gasteiger partial charge is 0.328 e. The second-order valence-electron chi connectivity index (χ2n) is 15.8. The molecule has 4 N–H and O–H groups in total. The van der Waals surface area contributed by atoms with Gasteiger partial charge < -0.3 is 25.6 Å². The van der Waals surface area contributed by atoms with Gasteiger partial charge in [-0.25, -0.2) is 4.79 Å². The number of aliphatic hydroxyl groups is 1. The third-order valence-corrected chi connectivity index (χ3v) is 10.3. The molecule has 0 saturated carbocycles. The highest BCUT2D eigenvalue weighted by molar-refractivity contribution is 5.87. The number of aliphatic carboxylic acids is 1. The van der Waals surface area contributed by atoms with Gasteiger partial charge in [0.25, 0.3) is 0 Å². The van der Waals surface area contributed by atoms with Crippen molar-refractivity contribution in [1.29, 1.82) is 0 Å². The molecule has 0 aromatic carbocycles. The zero-order valence-electron chi connectivity index (χ0n) is 37.5. The molecule has 2 unspecified atom stereocenters. The zero-order chi connectivity index (χ0) is 43.3. The molecule has 0 spiro atoms. The number of unbranched alkanes of at least 4 members (excludes halogenated alkanes) is 20. The Bertz CT molecular complexity index is 1180. The molecule has 0 rings (SSSR count). The van der Waals surface area contributed by atoms with Crippen molar-refractivity contribution < 1.29 is 34.1 Å². The van der Waals surface area contributed by atoms with Crippen molar-refractivity contribution in [3.05, 3.63) is 60.8 Å². The number of carbonyl (C=O) groups is 4. The molecule has 0 aliphatic rings. The van der Waals surface area contributed by atoms with Crippen LogP contribution in [0.1, 0.15) is 206 Å². The summed E-state index contributed by atoms with van der Waals surface area (Å²) in [5.74, 6) is -2.57. The molecule has 0 aromatic heterocycles. The van der Waals surface area contributed by atoms with Gasteiger partial charge in [0.1, 0.15) is 12.1 Å². The molecular formula is C50H86N2O7. The summed E-state index contributed by atoms with van der Waals surface area (Å²) >= 11 is 0. The van der Waals surface area contributed by atoms with E-state index < -0.39 is 24.5 Å². The molecule has 0 aliphatic carbocycles. The fourth-order valence-electron chi connectivity index (χ4n) is 6.66. The van der Waals surface area contributed by atoms with Gasteiger partial charge in [0.15, 0.2) is 0 Å². The SMILES string of the molecule is CC/C=C\C/C=C\C/C=C\C/C=C\C/C=C\C(CCCCC(=O)NCC(=O)NC(CO)C(=O)O)OC(=O)CCCCCCCCCCCCCCCCCCCCCC. The molecule has 0 bridgehead atoms. The van der Waals surface area contributed by atoms with Gasteiger partial charge in [0.2, 0.25) is 11.8 Å². The van der Waals surface area contributed by atoms with Crippen LogP contribution in [0.15, 0.2) is 60.8 Å². The van der Waals surface area contributed by atoms with E-state index in [1.165, 1.54) is 109 Å². The summed E-state index contributed by atoms with van der Waals surface area (Å²) in [5.41, 5.74) is 0. The fourth-order valence-corrected chi connectivity index (χ4v) is 6.66. The van der Waals surface area contributed by atoms with E-state index in [0.717, 1.165) is 51.4 Å². The number of ether oxygens (including phenoxy) is 1. The standard InChI is InChI=1S/C50H86N2O7/c1-3-5-7-9-11-13-15-17-19-20-21-22-23-24-26-28-30-32-34-36-42-49(56)59-45(39-35-33-31-29-27-25-18-16-14-12-10-8-6-4-2)40-37-38-41-47(54)51-43-48(55)52-46(44-53)50(57)58/h6,8,12,14,18,25,29,31,35,39,45-46,53H,3-5,7,9-11,13,15-17,19-24,26-28,30,32-34,36-38,40-44H2,1-2H3,(H,51,54)(H,52,55)(H,57,58)/b8-6-,14-12-,25-18-,31-29-,39-35-. The number of amides is 2. The number of carbonyl (C=O) groups excluding carboxylic acids is 3. The van der Waals surface area contributed by atoms with E-state index in [4.69, 9.17) is 14.9 Å². The molecule has 0 saturated heterocycles. The van der Waals surface area contributed by atoms with E-state index in [-0.39, 0.29) is 30.9 Å². The molecule has 2 atom stereocenters. The van der Waals surface area contributed by atoms with E-state index >= 15 is 0 Å². The second-order valence-corrected chi connectivity index (χ2v) is 15.8. The van der Waals surface area contributed by atoms with Crippen LogP contribution in [0.5, 0.6) is 0 Å². The molecule has 9 nitrogen and oxygen atoms in total. The second kappa shape index (κ2) is 44.1. The van der Waals surface area contributed by atoms with Gasteiger partial charge in [-0.2, -0.15) is 0 Å². The monoisotopic (exact) mass is 827 g/mol. The normalized spacial score (nSPS) is 13.0. The van der Waals surface area contributed by atoms with Gasteiger partial charge in [0, 0.05) is 12.8 Å². The van der Waals surface area contributed by atoms with E-state index in [0.29, 0.717) is 25.7 Å². The number of aliphatic hydroxyl groups excluding tert-OH is 1. The van der Waals surface area contributed by atoms with E-state index in [2.05, 4.69) is 73.1 Å². The van der Waals surface area contributed by atoms with Gasteiger partial charge in [-0.1, -0.05) is 191 Å². The predicted octanol–water partition coefficient (Wildman–Crippen LogP) is 12.1. The third-order valence-electron chi connectivity index (χ3n) is 10.3. The lowest BCUT2D eigenvalue weighted by molar-refractivity contribution is -0.147. The Hall–Kier alpha value is -3.46. The van der Waals surface area contributed by atoms with Crippen molar-refractivity contribution in [3.63, 3.8) is 0 Å². The summed E-state index contributed by atoms with van der Waals surface area (Å²) < 4.78 is 5.86. The molecule has 338 valence electrons. The van der Waals surface area contributed by atoms with E-state index in [1.807, 2.05) is 12.2 Å². The zero-order valence-corrected chi connectivity index (χ0v) is 37.5. The van der Waals surface area contributed by atoms with Gasteiger partial charge >= 0.3 is 11.9 Å². The summed E-state index contributed by atoms with van der Waals surface area (Å²) in [5, 5.41) is 22.6. The highest BCUT2D eigenvalue weighted by Gasteiger charge is 2.19. The first-order chi connectivity index (χ1) is 28.8. The molecule has 0 heterocycles. The minimum absolute atomic E-state index is 0.182. The van der Waals surface area contributed by atoms with Crippen molar-refractivity contribution in [2.45, 2.75) is 219 Å². The Morgan fingerprint density at radius 2 is 0.949 bits per heavy atom. The molecule has 9 heteroatoms. The van der Waals surface area contributed by atoms with Crippen molar-refractivity contribution >= 4 is 23.8 Å². The van der Waals surface area contributed by atoms with Gasteiger partial charge in [-0.05, 0) is 63.9 Å². The Morgan fingerprint density at radius 3 is 1.39 bits per heavy atom. The van der Waals surface area contributed by atoms with Crippen LogP contribution in [0, 0.1) is 0 Å². The summed E-state index contributed by atoms with van der Waals surface area (Å²) in [6.45, 7) is 3.30. The Morgan fingerprint density at radius 1 is 0.525 bits per heavy atom. The summed E-state index contributed by atoms with van der Waals surface area (Å²) in [6, 6.07) is -1.41. The first-order valence-corrected chi connectivity index (χ1v) is 23.7. The molecule has 0 fully saturated rings. The maximum absolute atomic E-state index is 12.8.